The Balaban J connectivity index is 1.81. The van der Waals surface area contributed by atoms with Crippen LogP contribution in [-0.4, -0.2) is 30.7 Å². The summed E-state index contributed by atoms with van der Waals surface area (Å²) in [7, 11) is 0. The molecule has 0 bridgehead atoms. The standard InChI is InChI=1S/C15H13F2N7/c16-15(17)6-14(7-15,2-3-18)24-5-10(12(19)23-24)11-9-1-4-20-13(9)22-8-21-11/h1,4-5,8H,2,6-7H2,(H2,19,23)(H,20,21,22). The van der Waals surface area contributed by atoms with Gasteiger partial charge >= 0.3 is 0 Å². The lowest BCUT2D eigenvalue weighted by molar-refractivity contribution is -0.154. The molecular weight excluding hydrogens is 316 g/mol. The van der Waals surface area contributed by atoms with Crippen LogP contribution in [0.4, 0.5) is 14.6 Å². The van der Waals surface area contributed by atoms with Crippen molar-refractivity contribution in [1.82, 2.24) is 24.7 Å². The topological polar surface area (TPSA) is 109 Å². The largest absolute Gasteiger partial charge is 0.382 e. The van der Waals surface area contributed by atoms with E-state index in [-0.39, 0.29) is 12.2 Å². The molecule has 1 aliphatic rings. The molecule has 0 saturated heterocycles. The normalized spacial score (nSPS) is 18.2. The van der Waals surface area contributed by atoms with Crippen molar-refractivity contribution >= 4 is 16.9 Å². The number of rotatable bonds is 3. The summed E-state index contributed by atoms with van der Waals surface area (Å²) >= 11 is 0. The van der Waals surface area contributed by atoms with E-state index in [0.717, 1.165) is 5.39 Å². The molecule has 3 N–H and O–H groups in total. The Morgan fingerprint density at radius 1 is 1.38 bits per heavy atom. The molecule has 1 aliphatic carbocycles. The van der Waals surface area contributed by atoms with Crippen LogP contribution in [0.2, 0.25) is 0 Å². The maximum absolute atomic E-state index is 13.4. The van der Waals surface area contributed by atoms with E-state index in [1.807, 2.05) is 12.1 Å². The van der Waals surface area contributed by atoms with Crippen LogP contribution in [0.1, 0.15) is 19.3 Å². The number of nitrogens with two attached hydrogens (primary N) is 1. The number of hydrogen-bond acceptors (Lipinski definition) is 5. The third-order valence-electron chi connectivity index (χ3n) is 4.42. The average Bonchev–Trinajstić information content (AvgIpc) is 3.11. The summed E-state index contributed by atoms with van der Waals surface area (Å²) in [5.41, 5.74) is 6.74. The number of fused-ring (bicyclic) bond motifs is 1. The van der Waals surface area contributed by atoms with Crippen molar-refractivity contribution in [2.24, 2.45) is 0 Å². The Hall–Kier alpha value is -3.02. The molecule has 1 saturated carbocycles. The fraction of sp³-hybridized carbons (Fsp3) is 0.333. The van der Waals surface area contributed by atoms with E-state index in [1.165, 1.54) is 11.0 Å². The first-order valence-corrected chi connectivity index (χ1v) is 7.33. The molecule has 0 radical (unpaired) electrons. The first-order valence-electron chi connectivity index (χ1n) is 7.33. The fourth-order valence-electron chi connectivity index (χ4n) is 3.33. The van der Waals surface area contributed by atoms with E-state index in [9.17, 15) is 8.78 Å². The van der Waals surface area contributed by atoms with Crippen molar-refractivity contribution < 1.29 is 8.78 Å². The number of aromatic nitrogens is 5. The summed E-state index contributed by atoms with van der Waals surface area (Å²) in [6, 6.07) is 3.78. The minimum absolute atomic E-state index is 0.0491. The quantitative estimate of drug-likeness (QED) is 0.767. The number of nitrogen functional groups attached to an aromatic ring is 1. The van der Waals surface area contributed by atoms with Crippen molar-refractivity contribution in [3.05, 3.63) is 24.8 Å². The second-order valence-electron chi connectivity index (χ2n) is 6.10. The molecule has 122 valence electrons. The average molecular weight is 329 g/mol. The lowest BCUT2D eigenvalue weighted by Crippen LogP contribution is -2.53. The van der Waals surface area contributed by atoms with Gasteiger partial charge in [-0.2, -0.15) is 10.4 Å². The number of nitriles is 1. The van der Waals surface area contributed by atoms with Gasteiger partial charge in [-0.1, -0.05) is 0 Å². The number of halogens is 2. The SMILES string of the molecule is N#CCC1(n2cc(-c3ncnc4[nH]ccc34)c(N)n2)CC(F)(F)C1. The molecular formula is C15H13F2N7. The molecule has 7 nitrogen and oxygen atoms in total. The second kappa shape index (κ2) is 4.74. The van der Waals surface area contributed by atoms with Crippen LogP contribution in [0, 0.1) is 11.3 Å². The zero-order chi connectivity index (χ0) is 16.9. The van der Waals surface area contributed by atoms with Crippen molar-refractivity contribution in [3.63, 3.8) is 0 Å². The smallest absolute Gasteiger partial charge is 0.252 e. The summed E-state index contributed by atoms with van der Waals surface area (Å²) in [5.74, 6) is -2.59. The lowest BCUT2D eigenvalue weighted by atomic mass is 9.71. The van der Waals surface area contributed by atoms with Gasteiger partial charge in [0.2, 0.25) is 0 Å². The first-order chi connectivity index (χ1) is 11.4. The van der Waals surface area contributed by atoms with E-state index >= 15 is 0 Å². The van der Waals surface area contributed by atoms with Gasteiger partial charge in [-0.3, -0.25) is 4.68 Å². The molecule has 9 heteroatoms. The summed E-state index contributed by atoms with van der Waals surface area (Å²) in [6.07, 6.45) is 3.83. The van der Waals surface area contributed by atoms with Gasteiger partial charge in [0.25, 0.3) is 5.92 Å². The molecule has 0 unspecified atom stereocenters. The maximum atomic E-state index is 13.4. The van der Waals surface area contributed by atoms with Gasteiger partial charge in [0.15, 0.2) is 5.82 Å². The lowest BCUT2D eigenvalue weighted by Gasteiger charge is -2.45. The van der Waals surface area contributed by atoms with Crippen LogP contribution in [0.3, 0.4) is 0 Å². The molecule has 0 aliphatic heterocycles. The molecule has 1 fully saturated rings. The Morgan fingerprint density at radius 3 is 2.88 bits per heavy atom. The minimum atomic E-state index is -2.78. The number of H-pyrrole nitrogens is 1. The summed E-state index contributed by atoms with van der Waals surface area (Å²) < 4.78 is 28.3. The van der Waals surface area contributed by atoms with Gasteiger partial charge in [-0.25, -0.2) is 18.7 Å². The highest BCUT2D eigenvalue weighted by Crippen LogP contribution is 2.52. The summed E-state index contributed by atoms with van der Waals surface area (Å²) in [4.78, 5) is 11.3. The van der Waals surface area contributed by atoms with Gasteiger partial charge in [-0.05, 0) is 6.07 Å². The Bertz CT molecular complexity index is 958. The van der Waals surface area contributed by atoms with Gasteiger partial charge in [0, 0.05) is 30.6 Å². The van der Waals surface area contributed by atoms with Crippen LogP contribution in [0.15, 0.2) is 24.8 Å². The van der Waals surface area contributed by atoms with Crippen molar-refractivity contribution in [1.29, 1.82) is 5.26 Å². The third-order valence-corrected chi connectivity index (χ3v) is 4.42. The summed E-state index contributed by atoms with van der Waals surface area (Å²) in [5, 5.41) is 14.0. The highest BCUT2D eigenvalue weighted by atomic mass is 19.3. The van der Waals surface area contributed by atoms with Gasteiger partial charge < -0.3 is 10.7 Å². The second-order valence-corrected chi connectivity index (χ2v) is 6.10. The molecule has 24 heavy (non-hydrogen) atoms. The first kappa shape index (κ1) is 14.6. The van der Waals surface area contributed by atoms with Crippen LogP contribution in [-0.2, 0) is 5.54 Å². The van der Waals surface area contributed by atoms with E-state index in [2.05, 4.69) is 20.1 Å². The van der Waals surface area contributed by atoms with Crippen LogP contribution >= 0.6 is 0 Å². The van der Waals surface area contributed by atoms with Crippen molar-refractivity contribution in [3.8, 4) is 17.3 Å². The number of aromatic amines is 1. The van der Waals surface area contributed by atoms with Crippen LogP contribution in [0.25, 0.3) is 22.3 Å². The van der Waals surface area contributed by atoms with Gasteiger partial charge in [0.05, 0.1) is 29.3 Å². The molecule has 3 heterocycles. The Kier molecular flexibility index (Phi) is 2.87. The molecule has 0 amide bonds. The Morgan fingerprint density at radius 2 is 2.17 bits per heavy atom. The number of nitrogens with one attached hydrogen (secondary N) is 1. The van der Waals surface area contributed by atoms with Crippen molar-refractivity contribution in [2.75, 3.05) is 5.73 Å². The highest BCUT2D eigenvalue weighted by molar-refractivity contribution is 5.92. The van der Waals surface area contributed by atoms with Crippen LogP contribution in [0.5, 0.6) is 0 Å². The van der Waals surface area contributed by atoms with E-state index in [0.29, 0.717) is 16.9 Å². The zero-order valence-corrected chi connectivity index (χ0v) is 12.5. The van der Waals surface area contributed by atoms with E-state index < -0.39 is 24.3 Å². The number of nitrogens with zero attached hydrogens (tertiary/aromatic N) is 5. The predicted octanol–water partition coefficient (Wildman–Crippen LogP) is 2.44. The molecule has 0 spiro atoms. The van der Waals surface area contributed by atoms with E-state index in [4.69, 9.17) is 11.0 Å². The number of anilines is 1. The summed E-state index contributed by atoms with van der Waals surface area (Å²) in [6.45, 7) is 0. The Labute approximate surface area is 135 Å². The highest BCUT2D eigenvalue weighted by Gasteiger charge is 2.58. The molecule has 3 aromatic rings. The van der Waals surface area contributed by atoms with Gasteiger partial charge in [0.1, 0.15) is 12.0 Å². The molecule has 0 atom stereocenters. The fourth-order valence-corrected chi connectivity index (χ4v) is 3.33. The monoisotopic (exact) mass is 329 g/mol. The molecule has 4 rings (SSSR count). The molecule has 0 aromatic carbocycles. The minimum Gasteiger partial charge on any atom is -0.382 e. The maximum Gasteiger partial charge on any atom is 0.252 e. The number of hydrogen-bond donors (Lipinski definition) is 2. The number of alkyl halides is 2. The van der Waals surface area contributed by atoms with E-state index in [1.54, 1.807) is 12.4 Å². The van der Waals surface area contributed by atoms with Crippen LogP contribution < -0.4 is 5.73 Å². The third kappa shape index (κ3) is 2.03. The zero-order valence-electron chi connectivity index (χ0n) is 12.5. The van der Waals surface area contributed by atoms with Gasteiger partial charge in [-0.15, -0.1) is 0 Å². The van der Waals surface area contributed by atoms with Crippen molar-refractivity contribution in [2.45, 2.75) is 30.7 Å². The predicted molar refractivity (Wildman–Crippen MR) is 81.9 cm³/mol. The molecule has 3 aromatic heterocycles.